The van der Waals surface area contributed by atoms with Gasteiger partial charge in [0.25, 0.3) is 0 Å². The van der Waals surface area contributed by atoms with E-state index < -0.39 is 0 Å². The summed E-state index contributed by atoms with van der Waals surface area (Å²) in [6, 6.07) is 21.8. The summed E-state index contributed by atoms with van der Waals surface area (Å²) in [6.07, 6.45) is 0. The molecular formula is C22H20Cl2N2O3. The highest BCUT2D eigenvalue weighted by atomic mass is 35.5. The summed E-state index contributed by atoms with van der Waals surface area (Å²) in [5.41, 5.74) is 1.22. The minimum Gasteiger partial charge on any atom is -0.490 e. The Morgan fingerprint density at radius 1 is 0.828 bits per heavy atom. The first-order valence-electron chi connectivity index (χ1n) is 9.00. The predicted octanol–water partition coefficient (Wildman–Crippen LogP) is 5.50. The SMILES string of the molecule is O=C(CNc1ccc(Cl)cc1Cl)Nc1ccccc1OCCOc1ccccc1. The largest absolute Gasteiger partial charge is 0.490 e. The minimum absolute atomic E-state index is 0.0484. The third-order valence-electron chi connectivity index (χ3n) is 3.88. The zero-order valence-electron chi connectivity index (χ0n) is 15.5. The van der Waals surface area contributed by atoms with E-state index >= 15 is 0 Å². The van der Waals surface area contributed by atoms with E-state index in [0.29, 0.717) is 40.4 Å². The number of rotatable bonds is 9. The van der Waals surface area contributed by atoms with Crippen molar-refractivity contribution in [1.29, 1.82) is 0 Å². The molecule has 0 heterocycles. The molecule has 2 N–H and O–H groups in total. The highest BCUT2D eigenvalue weighted by molar-refractivity contribution is 6.36. The molecule has 7 heteroatoms. The van der Waals surface area contributed by atoms with Gasteiger partial charge in [-0.15, -0.1) is 0 Å². The Bertz CT molecular complexity index is 952. The first-order valence-corrected chi connectivity index (χ1v) is 9.76. The van der Waals surface area contributed by atoms with E-state index in [2.05, 4.69) is 10.6 Å². The molecular weight excluding hydrogens is 411 g/mol. The van der Waals surface area contributed by atoms with Crippen molar-refractivity contribution in [2.24, 2.45) is 0 Å². The zero-order chi connectivity index (χ0) is 20.5. The molecule has 0 bridgehead atoms. The van der Waals surface area contributed by atoms with Gasteiger partial charge in [0.1, 0.15) is 24.7 Å². The number of anilines is 2. The second kappa shape index (κ2) is 10.6. The lowest BCUT2D eigenvalue weighted by molar-refractivity contribution is -0.114. The number of hydrogen-bond donors (Lipinski definition) is 2. The van der Waals surface area contributed by atoms with Gasteiger partial charge in [-0.1, -0.05) is 53.5 Å². The molecule has 0 saturated carbocycles. The van der Waals surface area contributed by atoms with Gasteiger partial charge < -0.3 is 20.1 Å². The van der Waals surface area contributed by atoms with Crippen LogP contribution in [0.2, 0.25) is 10.0 Å². The third-order valence-corrected chi connectivity index (χ3v) is 4.43. The first-order chi connectivity index (χ1) is 14.1. The van der Waals surface area contributed by atoms with Crippen LogP contribution in [0.1, 0.15) is 0 Å². The number of hydrogen-bond acceptors (Lipinski definition) is 4. The molecule has 3 rings (SSSR count). The van der Waals surface area contributed by atoms with Crippen LogP contribution >= 0.6 is 23.2 Å². The van der Waals surface area contributed by atoms with Gasteiger partial charge in [-0.05, 0) is 42.5 Å². The van der Waals surface area contributed by atoms with E-state index in [-0.39, 0.29) is 12.5 Å². The molecule has 0 unspecified atom stereocenters. The van der Waals surface area contributed by atoms with Crippen LogP contribution in [-0.2, 0) is 4.79 Å². The van der Waals surface area contributed by atoms with Crippen molar-refractivity contribution in [3.05, 3.63) is 82.8 Å². The molecule has 1 amide bonds. The summed E-state index contributed by atoms with van der Waals surface area (Å²) in [5.74, 6) is 1.12. The lowest BCUT2D eigenvalue weighted by Crippen LogP contribution is -2.22. The van der Waals surface area contributed by atoms with E-state index in [4.69, 9.17) is 32.7 Å². The molecule has 150 valence electrons. The van der Waals surface area contributed by atoms with E-state index in [1.807, 2.05) is 42.5 Å². The van der Waals surface area contributed by atoms with Gasteiger partial charge in [0.05, 0.1) is 22.9 Å². The van der Waals surface area contributed by atoms with Crippen LogP contribution in [-0.4, -0.2) is 25.7 Å². The van der Waals surface area contributed by atoms with Crippen molar-refractivity contribution in [2.45, 2.75) is 0 Å². The smallest absolute Gasteiger partial charge is 0.243 e. The molecule has 0 aromatic heterocycles. The molecule has 3 aromatic carbocycles. The van der Waals surface area contributed by atoms with Gasteiger partial charge in [-0.25, -0.2) is 0 Å². The Balaban J connectivity index is 1.49. The maximum Gasteiger partial charge on any atom is 0.243 e. The number of para-hydroxylation sites is 3. The van der Waals surface area contributed by atoms with Gasteiger partial charge in [0.15, 0.2) is 0 Å². The molecule has 0 fully saturated rings. The van der Waals surface area contributed by atoms with Crippen LogP contribution in [0.5, 0.6) is 11.5 Å². The molecule has 0 spiro atoms. The number of nitrogens with one attached hydrogen (secondary N) is 2. The van der Waals surface area contributed by atoms with Crippen molar-refractivity contribution in [2.75, 3.05) is 30.4 Å². The maximum absolute atomic E-state index is 12.3. The van der Waals surface area contributed by atoms with Crippen molar-refractivity contribution >= 4 is 40.5 Å². The highest BCUT2D eigenvalue weighted by Gasteiger charge is 2.09. The third kappa shape index (κ3) is 6.59. The van der Waals surface area contributed by atoms with Crippen molar-refractivity contribution in [1.82, 2.24) is 0 Å². The molecule has 5 nitrogen and oxygen atoms in total. The summed E-state index contributed by atoms with van der Waals surface area (Å²) < 4.78 is 11.4. The molecule has 3 aromatic rings. The fourth-order valence-corrected chi connectivity index (χ4v) is 3.00. The normalized spacial score (nSPS) is 10.3. The quantitative estimate of drug-likeness (QED) is 0.439. The van der Waals surface area contributed by atoms with Crippen LogP contribution < -0.4 is 20.1 Å². The summed E-state index contributed by atoms with van der Waals surface area (Å²) in [6.45, 7) is 0.788. The Morgan fingerprint density at radius 3 is 2.34 bits per heavy atom. The standard InChI is InChI=1S/C22H20Cl2N2O3/c23-16-10-11-19(18(24)14-16)25-15-22(27)26-20-8-4-5-9-21(20)29-13-12-28-17-6-2-1-3-7-17/h1-11,14,25H,12-13,15H2,(H,26,27). The molecule has 0 saturated heterocycles. The Hall–Kier alpha value is -2.89. The number of amides is 1. The van der Waals surface area contributed by atoms with Gasteiger partial charge in [-0.2, -0.15) is 0 Å². The minimum atomic E-state index is -0.229. The van der Waals surface area contributed by atoms with Gasteiger partial charge in [-0.3, -0.25) is 4.79 Å². The van der Waals surface area contributed by atoms with E-state index in [9.17, 15) is 4.79 Å². The van der Waals surface area contributed by atoms with Crippen molar-refractivity contribution in [3.8, 4) is 11.5 Å². The fourth-order valence-electron chi connectivity index (χ4n) is 2.53. The molecule has 0 radical (unpaired) electrons. The number of halogens is 2. The van der Waals surface area contributed by atoms with Crippen LogP contribution in [0, 0.1) is 0 Å². The molecule has 0 aliphatic rings. The second-order valence-corrected chi connectivity index (χ2v) is 6.88. The van der Waals surface area contributed by atoms with Gasteiger partial charge in [0, 0.05) is 5.02 Å². The fraction of sp³-hybridized carbons (Fsp3) is 0.136. The predicted molar refractivity (Wildman–Crippen MR) is 117 cm³/mol. The van der Waals surface area contributed by atoms with Crippen LogP contribution in [0.4, 0.5) is 11.4 Å². The summed E-state index contributed by atoms with van der Waals surface area (Å²) in [5, 5.41) is 6.81. The van der Waals surface area contributed by atoms with E-state index in [0.717, 1.165) is 5.75 Å². The van der Waals surface area contributed by atoms with E-state index in [1.165, 1.54) is 0 Å². The number of carbonyl (C=O) groups excluding carboxylic acids is 1. The number of benzene rings is 3. The Kier molecular flexibility index (Phi) is 7.61. The van der Waals surface area contributed by atoms with Gasteiger partial charge >= 0.3 is 0 Å². The zero-order valence-corrected chi connectivity index (χ0v) is 17.0. The number of ether oxygens (including phenoxy) is 2. The molecule has 0 aliphatic heterocycles. The van der Waals surface area contributed by atoms with Crippen LogP contribution in [0.25, 0.3) is 0 Å². The molecule has 0 atom stereocenters. The van der Waals surface area contributed by atoms with Crippen LogP contribution in [0.15, 0.2) is 72.8 Å². The van der Waals surface area contributed by atoms with Crippen LogP contribution in [0.3, 0.4) is 0 Å². The summed E-state index contributed by atoms with van der Waals surface area (Å²) in [7, 11) is 0. The highest BCUT2D eigenvalue weighted by Crippen LogP contribution is 2.26. The van der Waals surface area contributed by atoms with Crippen molar-refractivity contribution < 1.29 is 14.3 Å². The summed E-state index contributed by atoms with van der Waals surface area (Å²) >= 11 is 12.0. The van der Waals surface area contributed by atoms with Gasteiger partial charge in [0.2, 0.25) is 5.91 Å². The van der Waals surface area contributed by atoms with E-state index in [1.54, 1.807) is 30.3 Å². The lowest BCUT2D eigenvalue weighted by Gasteiger charge is -2.14. The summed E-state index contributed by atoms with van der Waals surface area (Å²) in [4.78, 5) is 12.3. The topological polar surface area (TPSA) is 59.6 Å². The average molecular weight is 431 g/mol. The van der Waals surface area contributed by atoms with Crippen molar-refractivity contribution in [3.63, 3.8) is 0 Å². The molecule has 0 aliphatic carbocycles. The Labute approximate surface area is 179 Å². The lowest BCUT2D eigenvalue weighted by atomic mass is 10.3. The maximum atomic E-state index is 12.3. The molecule has 29 heavy (non-hydrogen) atoms. The Morgan fingerprint density at radius 2 is 1.55 bits per heavy atom. The number of carbonyl (C=O) groups is 1. The monoisotopic (exact) mass is 430 g/mol. The second-order valence-electron chi connectivity index (χ2n) is 6.03. The average Bonchev–Trinajstić information content (AvgIpc) is 2.72. The first kappa shape index (κ1) is 20.8.